The van der Waals surface area contributed by atoms with Crippen molar-refractivity contribution in [2.45, 2.75) is 19.3 Å². The molecule has 0 bridgehead atoms. The monoisotopic (exact) mass is 779 g/mol. The zero-order chi connectivity index (χ0) is 40.7. The molecule has 0 atom stereocenters. The van der Waals surface area contributed by atoms with Crippen molar-refractivity contribution >= 4 is 60.5 Å². The third-order valence-corrected chi connectivity index (χ3v) is 13.0. The lowest BCUT2D eigenvalue weighted by Gasteiger charge is -2.28. The van der Waals surface area contributed by atoms with Gasteiger partial charge in [0, 0.05) is 44.2 Å². The van der Waals surface area contributed by atoms with Gasteiger partial charge in [-0.05, 0) is 115 Å². The van der Waals surface area contributed by atoms with Gasteiger partial charge in [-0.25, -0.2) is 0 Å². The molecule has 2 nitrogen and oxygen atoms in total. The van der Waals surface area contributed by atoms with Crippen LogP contribution in [0.25, 0.3) is 88.0 Å². The van der Waals surface area contributed by atoms with E-state index in [1.807, 2.05) is 0 Å². The Balaban J connectivity index is 1.03. The van der Waals surface area contributed by atoms with Gasteiger partial charge in [0.25, 0.3) is 0 Å². The lowest BCUT2D eigenvalue weighted by molar-refractivity contribution is 0.660. The first-order valence-corrected chi connectivity index (χ1v) is 21.2. The van der Waals surface area contributed by atoms with Crippen LogP contribution in [-0.2, 0) is 5.41 Å². The molecule has 61 heavy (non-hydrogen) atoms. The molecule has 2 heteroatoms. The fourth-order valence-electron chi connectivity index (χ4n) is 10.0. The summed E-state index contributed by atoms with van der Waals surface area (Å²) in [5, 5.41) is 6.98. The van der Waals surface area contributed by atoms with E-state index in [0.29, 0.717) is 0 Å². The van der Waals surface area contributed by atoms with Crippen molar-refractivity contribution in [1.29, 1.82) is 0 Å². The highest BCUT2D eigenvalue weighted by Gasteiger charge is 2.35. The summed E-state index contributed by atoms with van der Waals surface area (Å²) in [5.74, 6) is 0. The number of hydrogen-bond donors (Lipinski definition) is 0. The van der Waals surface area contributed by atoms with Crippen LogP contribution in [0.3, 0.4) is 0 Å². The standard InChI is InChI=1S/C59H41NO/c1-59(2)54-24-14-13-22-48(54)49-32-31-45(36-55(49)59)60(44-30-25-38-15-9-10-20-42(38)35-44)43-28-26-40(27-29-43)46-33-34-51-53-37-52(39-16-5-3-6-17-39)47-21-11-12-23-50(47)57(53)61-58(51)56(46)41-18-7-4-8-19-41/h3-37H,1-2H3. The summed E-state index contributed by atoms with van der Waals surface area (Å²) >= 11 is 0. The molecule has 0 saturated heterocycles. The molecule has 12 rings (SSSR count). The number of fused-ring (bicyclic) bond motifs is 9. The number of rotatable bonds is 6. The topological polar surface area (TPSA) is 16.4 Å². The molecule has 0 unspecified atom stereocenters. The van der Waals surface area contributed by atoms with Gasteiger partial charge >= 0.3 is 0 Å². The lowest BCUT2D eigenvalue weighted by Crippen LogP contribution is -2.16. The third-order valence-electron chi connectivity index (χ3n) is 13.0. The number of hydrogen-bond acceptors (Lipinski definition) is 2. The van der Waals surface area contributed by atoms with Gasteiger partial charge in [-0.15, -0.1) is 0 Å². The number of anilines is 3. The molecule has 0 amide bonds. The Hall–Kier alpha value is -7.68. The highest BCUT2D eigenvalue weighted by molar-refractivity contribution is 6.21. The Labute approximate surface area is 355 Å². The highest BCUT2D eigenvalue weighted by Crippen LogP contribution is 2.51. The van der Waals surface area contributed by atoms with Crippen molar-refractivity contribution in [2.24, 2.45) is 0 Å². The molecule has 0 N–H and O–H groups in total. The molecule has 288 valence electrons. The van der Waals surface area contributed by atoms with E-state index in [2.05, 4.69) is 231 Å². The number of nitrogens with zero attached hydrogens (tertiary/aromatic N) is 1. The summed E-state index contributed by atoms with van der Waals surface area (Å²) < 4.78 is 7.09. The van der Waals surface area contributed by atoms with E-state index in [-0.39, 0.29) is 5.41 Å². The van der Waals surface area contributed by atoms with Crippen molar-refractivity contribution in [3.05, 3.63) is 223 Å². The van der Waals surface area contributed by atoms with Crippen LogP contribution < -0.4 is 4.90 Å². The molecule has 1 heterocycles. The fourth-order valence-corrected chi connectivity index (χ4v) is 10.0. The molecule has 1 aliphatic rings. The maximum Gasteiger partial charge on any atom is 0.143 e. The Kier molecular flexibility index (Phi) is 7.92. The summed E-state index contributed by atoms with van der Waals surface area (Å²) in [6.45, 7) is 4.70. The average Bonchev–Trinajstić information content (AvgIpc) is 3.81. The maximum atomic E-state index is 7.09. The smallest absolute Gasteiger partial charge is 0.143 e. The van der Waals surface area contributed by atoms with Crippen LogP contribution in [0.4, 0.5) is 17.1 Å². The van der Waals surface area contributed by atoms with Crippen LogP contribution in [0.2, 0.25) is 0 Å². The Morgan fingerprint density at radius 1 is 0.344 bits per heavy atom. The van der Waals surface area contributed by atoms with E-state index in [0.717, 1.165) is 66.6 Å². The van der Waals surface area contributed by atoms with Crippen molar-refractivity contribution in [2.75, 3.05) is 4.90 Å². The maximum absolute atomic E-state index is 7.09. The van der Waals surface area contributed by atoms with Crippen LogP contribution in [0, 0.1) is 0 Å². The second-order valence-electron chi connectivity index (χ2n) is 16.9. The van der Waals surface area contributed by atoms with Crippen LogP contribution in [0.1, 0.15) is 25.0 Å². The second-order valence-corrected chi connectivity index (χ2v) is 16.9. The molecule has 10 aromatic carbocycles. The van der Waals surface area contributed by atoms with Gasteiger partial charge in [-0.3, -0.25) is 0 Å². The van der Waals surface area contributed by atoms with Gasteiger partial charge in [0.05, 0.1) is 0 Å². The van der Waals surface area contributed by atoms with Crippen LogP contribution >= 0.6 is 0 Å². The van der Waals surface area contributed by atoms with Crippen LogP contribution in [0.5, 0.6) is 0 Å². The molecular formula is C59H41NO. The van der Waals surface area contributed by atoms with Crippen LogP contribution in [0.15, 0.2) is 217 Å². The number of furan rings is 1. The van der Waals surface area contributed by atoms with E-state index in [9.17, 15) is 0 Å². The first kappa shape index (κ1) is 35.3. The summed E-state index contributed by atoms with van der Waals surface area (Å²) in [7, 11) is 0. The zero-order valence-electron chi connectivity index (χ0n) is 34.1. The van der Waals surface area contributed by atoms with Crippen molar-refractivity contribution in [3.63, 3.8) is 0 Å². The van der Waals surface area contributed by atoms with E-state index in [1.165, 1.54) is 49.5 Å². The molecule has 1 aromatic heterocycles. The third kappa shape index (κ3) is 5.56. The molecule has 0 fully saturated rings. The zero-order valence-corrected chi connectivity index (χ0v) is 34.1. The van der Waals surface area contributed by atoms with E-state index < -0.39 is 0 Å². The van der Waals surface area contributed by atoms with Crippen molar-refractivity contribution in [1.82, 2.24) is 0 Å². The van der Waals surface area contributed by atoms with E-state index in [4.69, 9.17) is 4.42 Å². The minimum absolute atomic E-state index is 0.112. The summed E-state index contributed by atoms with van der Waals surface area (Å²) in [6, 6.07) is 77.3. The normalized spacial score (nSPS) is 12.9. The minimum atomic E-state index is -0.112. The van der Waals surface area contributed by atoms with Gasteiger partial charge in [0.15, 0.2) is 0 Å². The van der Waals surface area contributed by atoms with Gasteiger partial charge in [0.1, 0.15) is 11.2 Å². The lowest BCUT2D eigenvalue weighted by atomic mass is 9.82. The fraction of sp³-hybridized carbons (Fsp3) is 0.0508. The first-order valence-electron chi connectivity index (χ1n) is 21.2. The van der Waals surface area contributed by atoms with Gasteiger partial charge in [0.2, 0.25) is 0 Å². The summed E-state index contributed by atoms with van der Waals surface area (Å²) in [4.78, 5) is 2.41. The second kappa shape index (κ2) is 13.7. The van der Waals surface area contributed by atoms with Gasteiger partial charge < -0.3 is 9.32 Å². The van der Waals surface area contributed by atoms with Crippen molar-refractivity contribution in [3.8, 4) is 44.5 Å². The SMILES string of the molecule is CC1(C)c2ccccc2-c2ccc(N(c3ccc(-c4ccc5c(oc6c7ccccc7c(-c7ccccc7)cc56)c4-c4ccccc4)cc3)c3ccc4ccccc4c3)cc21. The largest absolute Gasteiger partial charge is 0.455 e. The predicted molar refractivity (Wildman–Crippen MR) is 257 cm³/mol. The molecule has 0 radical (unpaired) electrons. The molecule has 0 saturated carbocycles. The van der Waals surface area contributed by atoms with Gasteiger partial charge in [-0.1, -0.05) is 178 Å². The Morgan fingerprint density at radius 3 is 1.72 bits per heavy atom. The van der Waals surface area contributed by atoms with Crippen molar-refractivity contribution < 1.29 is 4.42 Å². The molecule has 1 aliphatic carbocycles. The highest BCUT2D eigenvalue weighted by atomic mass is 16.3. The number of benzene rings is 10. The minimum Gasteiger partial charge on any atom is -0.455 e. The quantitative estimate of drug-likeness (QED) is 0.167. The van der Waals surface area contributed by atoms with E-state index in [1.54, 1.807) is 0 Å². The Bertz CT molecular complexity index is 3490. The Morgan fingerprint density at radius 2 is 0.918 bits per heavy atom. The molecule has 11 aromatic rings. The van der Waals surface area contributed by atoms with Crippen LogP contribution in [-0.4, -0.2) is 0 Å². The molecule has 0 aliphatic heterocycles. The predicted octanol–water partition coefficient (Wildman–Crippen LogP) is 16.7. The first-order chi connectivity index (χ1) is 30.0. The summed E-state index contributed by atoms with van der Waals surface area (Å²) in [5.41, 5.74) is 17.3. The average molecular weight is 780 g/mol. The van der Waals surface area contributed by atoms with Gasteiger partial charge in [-0.2, -0.15) is 0 Å². The molecule has 0 spiro atoms. The van der Waals surface area contributed by atoms with E-state index >= 15 is 0 Å². The molecular weight excluding hydrogens is 739 g/mol. The summed E-state index contributed by atoms with van der Waals surface area (Å²) in [6.07, 6.45) is 0.